The van der Waals surface area contributed by atoms with Crippen molar-refractivity contribution in [1.29, 1.82) is 0 Å². The summed E-state index contributed by atoms with van der Waals surface area (Å²) in [5.74, 6) is -0.923. The zero-order chi connectivity index (χ0) is 15.0. The summed E-state index contributed by atoms with van der Waals surface area (Å²) in [5.41, 5.74) is 1.82. The van der Waals surface area contributed by atoms with Crippen molar-refractivity contribution in [2.45, 2.75) is 11.2 Å². The third-order valence-corrected chi connectivity index (χ3v) is 3.72. The van der Waals surface area contributed by atoms with Crippen molar-refractivity contribution < 1.29 is 13.2 Å². The highest BCUT2D eigenvalue weighted by atomic mass is 32.2. The van der Waals surface area contributed by atoms with Crippen LogP contribution in [0.15, 0.2) is 47.9 Å². The quantitative estimate of drug-likeness (QED) is 0.667. The van der Waals surface area contributed by atoms with Gasteiger partial charge in [-0.25, -0.2) is 9.97 Å². The Morgan fingerprint density at radius 2 is 1.76 bits per heavy atom. The summed E-state index contributed by atoms with van der Waals surface area (Å²) in [4.78, 5) is 7.68. The number of rotatable bonds is 2. The van der Waals surface area contributed by atoms with Crippen LogP contribution < -0.4 is 0 Å². The Morgan fingerprint density at radius 3 is 2.38 bits per heavy atom. The number of aromatic nitrogens is 3. The zero-order valence-corrected chi connectivity index (χ0v) is 11.7. The van der Waals surface area contributed by atoms with Gasteiger partial charge in [0.15, 0.2) is 0 Å². The van der Waals surface area contributed by atoms with Crippen LogP contribution in [0.1, 0.15) is 5.82 Å². The lowest BCUT2D eigenvalue weighted by Crippen LogP contribution is -2.10. The number of thioether (sulfide) groups is 1. The predicted molar refractivity (Wildman–Crippen MR) is 75.2 cm³/mol. The van der Waals surface area contributed by atoms with Crippen molar-refractivity contribution in [1.82, 2.24) is 14.4 Å². The molecule has 108 valence electrons. The van der Waals surface area contributed by atoms with E-state index in [1.54, 1.807) is 18.3 Å². The topological polar surface area (TPSA) is 30.2 Å². The average Bonchev–Trinajstić information content (AvgIpc) is 2.90. The normalized spacial score (nSPS) is 12.0. The van der Waals surface area contributed by atoms with Crippen LogP contribution in [0.2, 0.25) is 0 Å². The molecule has 0 unspecified atom stereocenters. The molecular weight excluding hydrogens is 299 g/mol. The molecular formula is C14H10F3N3S. The summed E-state index contributed by atoms with van der Waals surface area (Å²) < 4.78 is 39.7. The van der Waals surface area contributed by atoms with E-state index in [4.69, 9.17) is 0 Å². The van der Waals surface area contributed by atoms with E-state index in [0.29, 0.717) is 11.1 Å². The molecule has 0 fully saturated rings. The molecule has 3 nitrogen and oxygen atoms in total. The molecule has 3 rings (SSSR count). The maximum Gasteiger partial charge on any atom is 0.450 e. The van der Waals surface area contributed by atoms with Gasteiger partial charge >= 0.3 is 6.18 Å². The molecule has 0 aromatic carbocycles. The molecule has 0 radical (unpaired) electrons. The summed E-state index contributed by atoms with van der Waals surface area (Å²) >= 11 is 1.51. The van der Waals surface area contributed by atoms with Gasteiger partial charge in [0.25, 0.3) is 0 Å². The second-order valence-corrected chi connectivity index (χ2v) is 5.21. The van der Waals surface area contributed by atoms with Crippen LogP contribution in [-0.4, -0.2) is 20.6 Å². The number of alkyl halides is 3. The van der Waals surface area contributed by atoms with Gasteiger partial charge in [-0.05, 0) is 24.0 Å². The smallest absolute Gasteiger partial charge is 0.296 e. The third kappa shape index (κ3) is 2.61. The van der Waals surface area contributed by atoms with E-state index in [1.165, 1.54) is 24.2 Å². The van der Waals surface area contributed by atoms with Crippen LogP contribution in [-0.2, 0) is 6.18 Å². The molecule has 3 heterocycles. The van der Waals surface area contributed by atoms with Crippen molar-refractivity contribution >= 4 is 17.3 Å². The summed E-state index contributed by atoms with van der Waals surface area (Å²) in [7, 11) is 0. The predicted octanol–water partition coefficient (Wildman–Crippen LogP) is 4.14. The van der Waals surface area contributed by atoms with Gasteiger partial charge in [-0.15, -0.1) is 11.8 Å². The van der Waals surface area contributed by atoms with E-state index >= 15 is 0 Å². The van der Waals surface area contributed by atoms with E-state index in [-0.39, 0.29) is 0 Å². The average molecular weight is 309 g/mol. The van der Waals surface area contributed by atoms with Gasteiger partial charge in [-0.2, -0.15) is 13.2 Å². The maximum atomic E-state index is 12.9. The van der Waals surface area contributed by atoms with Crippen LogP contribution in [0.4, 0.5) is 13.2 Å². The Hall–Kier alpha value is -2.02. The molecule has 21 heavy (non-hydrogen) atoms. The lowest BCUT2D eigenvalue weighted by atomic mass is 10.1. The minimum Gasteiger partial charge on any atom is -0.296 e. The molecule has 0 aliphatic rings. The van der Waals surface area contributed by atoms with E-state index in [9.17, 15) is 13.2 Å². The molecule has 0 saturated carbocycles. The lowest BCUT2D eigenvalue weighted by molar-refractivity contribution is -0.145. The fraction of sp³-hybridized carbons (Fsp3) is 0.143. The van der Waals surface area contributed by atoms with Crippen molar-refractivity contribution in [2.75, 3.05) is 6.26 Å². The van der Waals surface area contributed by atoms with Gasteiger partial charge in [-0.3, -0.25) is 4.40 Å². The highest BCUT2D eigenvalue weighted by Crippen LogP contribution is 2.30. The first kappa shape index (κ1) is 13.9. The lowest BCUT2D eigenvalue weighted by Gasteiger charge is -2.07. The number of hydrogen-bond donors (Lipinski definition) is 0. The Balaban J connectivity index is 2.11. The van der Waals surface area contributed by atoms with Crippen molar-refractivity contribution in [3.8, 4) is 11.1 Å². The first-order valence-corrected chi connectivity index (χ1v) is 7.26. The van der Waals surface area contributed by atoms with E-state index in [0.717, 1.165) is 15.0 Å². The largest absolute Gasteiger partial charge is 0.450 e. The van der Waals surface area contributed by atoms with Gasteiger partial charge in [0, 0.05) is 18.0 Å². The van der Waals surface area contributed by atoms with Gasteiger partial charge in [-0.1, -0.05) is 12.1 Å². The standard InChI is InChI=1S/C14H10F3N3S/c1-21-12-5-3-9(6-18-12)10-2-4-11-7-19-13(14(15,16)17)20(11)8-10/h2-8H,1H3. The number of imidazole rings is 1. The molecule has 0 atom stereocenters. The third-order valence-electron chi connectivity index (χ3n) is 3.06. The number of nitrogens with zero attached hydrogens (tertiary/aromatic N) is 3. The van der Waals surface area contributed by atoms with Crippen LogP contribution >= 0.6 is 11.8 Å². The molecule has 0 saturated heterocycles. The van der Waals surface area contributed by atoms with Crippen LogP contribution in [0.25, 0.3) is 16.6 Å². The number of hydrogen-bond acceptors (Lipinski definition) is 3. The monoisotopic (exact) mass is 309 g/mol. The second-order valence-electron chi connectivity index (χ2n) is 4.38. The van der Waals surface area contributed by atoms with E-state index in [2.05, 4.69) is 9.97 Å². The van der Waals surface area contributed by atoms with Crippen molar-refractivity contribution in [3.05, 3.63) is 48.7 Å². The summed E-state index contributed by atoms with van der Waals surface area (Å²) in [6, 6.07) is 7.04. The molecule has 0 bridgehead atoms. The maximum absolute atomic E-state index is 12.9. The zero-order valence-electron chi connectivity index (χ0n) is 10.9. The number of pyridine rings is 2. The number of fused-ring (bicyclic) bond motifs is 1. The number of halogens is 3. The van der Waals surface area contributed by atoms with E-state index in [1.807, 2.05) is 18.4 Å². The fourth-order valence-corrected chi connectivity index (χ4v) is 2.40. The first-order valence-electron chi connectivity index (χ1n) is 6.04. The van der Waals surface area contributed by atoms with Gasteiger partial charge in [0.2, 0.25) is 5.82 Å². The van der Waals surface area contributed by atoms with Crippen molar-refractivity contribution in [3.63, 3.8) is 0 Å². The second kappa shape index (κ2) is 5.07. The molecule has 0 amide bonds. The molecule has 0 aliphatic carbocycles. The van der Waals surface area contributed by atoms with Crippen LogP contribution in [0.3, 0.4) is 0 Å². The van der Waals surface area contributed by atoms with E-state index < -0.39 is 12.0 Å². The SMILES string of the molecule is CSc1ccc(-c2ccc3cnc(C(F)(F)F)n3c2)cn1. The fourth-order valence-electron chi connectivity index (χ4n) is 2.04. The van der Waals surface area contributed by atoms with Gasteiger partial charge in [0.1, 0.15) is 0 Å². The molecule has 7 heteroatoms. The molecule has 3 aromatic heterocycles. The summed E-state index contributed by atoms with van der Waals surface area (Å²) in [6.45, 7) is 0. The van der Waals surface area contributed by atoms with Gasteiger partial charge < -0.3 is 0 Å². The summed E-state index contributed by atoms with van der Waals surface area (Å²) in [6.07, 6.45) is 1.72. The first-order chi connectivity index (χ1) is 9.99. The molecule has 3 aromatic rings. The molecule has 0 aliphatic heterocycles. The Bertz CT molecular complexity index is 778. The minimum atomic E-state index is -4.48. The highest BCUT2D eigenvalue weighted by molar-refractivity contribution is 7.98. The Morgan fingerprint density at radius 1 is 1.00 bits per heavy atom. The Labute approximate surface area is 122 Å². The van der Waals surface area contributed by atoms with Crippen LogP contribution in [0, 0.1) is 0 Å². The highest BCUT2D eigenvalue weighted by Gasteiger charge is 2.35. The minimum absolute atomic E-state index is 0.403. The Kier molecular flexibility index (Phi) is 3.36. The van der Waals surface area contributed by atoms with Crippen LogP contribution in [0.5, 0.6) is 0 Å². The van der Waals surface area contributed by atoms with Gasteiger partial charge in [0.05, 0.1) is 16.7 Å². The molecule has 0 spiro atoms. The van der Waals surface area contributed by atoms with Crippen molar-refractivity contribution in [2.24, 2.45) is 0 Å². The summed E-state index contributed by atoms with van der Waals surface area (Å²) in [5, 5.41) is 0.860. The molecule has 0 N–H and O–H groups in total.